The highest BCUT2D eigenvalue weighted by atomic mass is 16.2. The molecule has 0 N–H and O–H groups in total. The first kappa shape index (κ1) is 19.3. The van der Waals surface area contributed by atoms with Gasteiger partial charge in [0.2, 0.25) is 11.8 Å². The maximum atomic E-state index is 12.8. The van der Waals surface area contributed by atoms with Gasteiger partial charge < -0.3 is 9.80 Å². The Morgan fingerprint density at radius 1 is 1.14 bits per heavy atom. The number of hydrogen-bond acceptors (Lipinski definition) is 5. The number of piperidine rings is 1. The van der Waals surface area contributed by atoms with Crippen LogP contribution in [-0.2, 0) is 22.6 Å². The van der Waals surface area contributed by atoms with Crippen molar-refractivity contribution in [3.8, 4) is 0 Å². The Kier molecular flexibility index (Phi) is 5.62. The zero-order valence-electron chi connectivity index (χ0n) is 17.1. The van der Waals surface area contributed by atoms with Gasteiger partial charge in [-0.05, 0) is 44.7 Å². The fraction of sp³-hybridized carbons (Fsp3) is 0.714. The Bertz CT molecular complexity index is 744. The molecular formula is C21H31N5O2. The first-order valence-corrected chi connectivity index (χ1v) is 10.6. The molecule has 0 aliphatic carbocycles. The minimum Gasteiger partial charge on any atom is -0.337 e. The number of aromatic nitrogens is 2. The third-order valence-corrected chi connectivity index (χ3v) is 6.50. The van der Waals surface area contributed by atoms with E-state index in [-0.39, 0.29) is 17.9 Å². The van der Waals surface area contributed by atoms with E-state index in [1.54, 1.807) is 6.92 Å². The van der Waals surface area contributed by atoms with Crippen molar-refractivity contribution in [2.45, 2.75) is 58.5 Å². The lowest BCUT2D eigenvalue weighted by Gasteiger charge is -2.33. The van der Waals surface area contributed by atoms with Crippen LogP contribution in [0.2, 0.25) is 0 Å². The molecular weight excluding hydrogens is 354 g/mol. The van der Waals surface area contributed by atoms with Gasteiger partial charge in [0.15, 0.2) is 5.82 Å². The number of fused-ring (bicyclic) bond motifs is 1. The van der Waals surface area contributed by atoms with Crippen LogP contribution in [0.5, 0.6) is 0 Å². The van der Waals surface area contributed by atoms with Crippen molar-refractivity contribution in [2.24, 2.45) is 5.92 Å². The van der Waals surface area contributed by atoms with E-state index in [2.05, 4.69) is 16.8 Å². The number of hydrogen-bond donors (Lipinski definition) is 0. The standard InChI is InChI=1S/C21H31N5O2/c1-15-5-9-24(10-6-15)14-20(28)25-11-7-18-17(13-25)12-22-21(23-18)19-4-3-8-26(19)16(2)27/h12,15,19H,3-11,13-14H2,1-2H3/t19-/m0/s1. The summed E-state index contributed by atoms with van der Waals surface area (Å²) in [6, 6.07) is 0.00366. The molecule has 1 atom stereocenters. The quantitative estimate of drug-likeness (QED) is 0.793. The zero-order chi connectivity index (χ0) is 19.7. The van der Waals surface area contributed by atoms with Crippen molar-refractivity contribution in [3.63, 3.8) is 0 Å². The molecule has 0 saturated carbocycles. The summed E-state index contributed by atoms with van der Waals surface area (Å²) in [6.07, 6.45) is 6.94. The van der Waals surface area contributed by atoms with E-state index in [4.69, 9.17) is 4.98 Å². The number of carbonyl (C=O) groups is 2. The molecule has 4 heterocycles. The van der Waals surface area contributed by atoms with E-state index in [0.717, 1.165) is 61.9 Å². The molecule has 2 saturated heterocycles. The third-order valence-electron chi connectivity index (χ3n) is 6.50. The van der Waals surface area contributed by atoms with Gasteiger partial charge in [0, 0.05) is 44.7 Å². The molecule has 0 unspecified atom stereocenters. The van der Waals surface area contributed by atoms with Crippen LogP contribution in [-0.4, -0.2) is 69.2 Å². The predicted octanol–water partition coefficient (Wildman–Crippen LogP) is 1.78. The summed E-state index contributed by atoms with van der Waals surface area (Å²) in [5.41, 5.74) is 2.08. The highest BCUT2D eigenvalue weighted by Gasteiger charge is 2.31. The number of likely N-dealkylation sites (tertiary alicyclic amines) is 2. The van der Waals surface area contributed by atoms with Crippen LogP contribution in [0, 0.1) is 5.92 Å². The Morgan fingerprint density at radius 2 is 1.93 bits per heavy atom. The summed E-state index contributed by atoms with van der Waals surface area (Å²) >= 11 is 0. The second-order valence-corrected chi connectivity index (χ2v) is 8.59. The molecule has 0 bridgehead atoms. The van der Waals surface area contributed by atoms with Crippen LogP contribution in [0.15, 0.2) is 6.20 Å². The lowest BCUT2D eigenvalue weighted by Crippen LogP contribution is -2.45. The van der Waals surface area contributed by atoms with Gasteiger partial charge in [-0.3, -0.25) is 14.5 Å². The molecule has 1 aromatic rings. The van der Waals surface area contributed by atoms with Gasteiger partial charge in [0.1, 0.15) is 0 Å². The fourth-order valence-corrected chi connectivity index (χ4v) is 4.63. The molecule has 3 aliphatic rings. The molecule has 0 aromatic carbocycles. The summed E-state index contributed by atoms with van der Waals surface area (Å²) in [4.78, 5) is 40.1. The molecule has 1 aromatic heterocycles. The molecule has 28 heavy (non-hydrogen) atoms. The maximum absolute atomic E-state index is 12.8. The van der Waals surface area contributed by atoms with Gasteiger partial charge in [-0.2, -0.15) is 0 Å². The molecule has 4 rings (SSSR count). The second kappa shape index (κ2) is 8.15. The van der Waals surface area contributed by atoms with Crippen LogP contribution in [0.25, 0.3) is 0 Å². The molecule has 152 valence electrons. The Labute approximate surface area is 167 Å². The van der Waals surface area contributed by atoms with Crippen molar-refractivity contribution in [1.29, 1.82) is 0 Å². The van der Waals surface area contributed by atoms with Crippen molar-refractivity contribution in [2.75, 3.05) is 32.7 Å². The second-order valence-electron chi connectivity index (χ2n) is 8.59. The normalized spacial score (nSPS) is 23.7. The lowest BCUT2D eigenvalue weighted by molar-refractivity contribution is -0.134. The number of amides is 2. The average molecular weight is 386 g/mol. The predicted molar refractivity (Wildman–Crippen MR) is 105 cm³/mol. The molecule has 0 spiro atoms. The van der Waals surface area contributed by atoms with E-state index in [1.165, 1.54) is 12.8 Å². The molecule has 7 heteroatoms. The van der Waals surface area contributed by atoms with Gasteiger partial charge in [-0.1, -0.05) is 6.92 Å². The van der Waals surface area contributed by atoms with Crippen molar-refractivity contribution in [3.05, 3.63) is 23.3 Å². The SMILES string of the molecule is CC(=O)N1CCC[C@H]1c1ncc2c(n1)CCN(C(=O)CN1CCC(C)CC1)C2. The highest BCUT2D eigenvalue weighted by Crippen LogP contribution is 2.30. The summed E-state index contributed by atoms with van der Waals surface area (Å²) in [6.45, 7) is 8.58. The molecule has 0 radical (unpaired) electrons. The van der Waals surface area contributed by atoms with Crippen molar-refractivity contribution in [1.82, 2.24) is 24.7 Å². The van der Waals surface area contributed by atoms with Gasteiger partial charge in [0.05, 0.1) is 18.3 Å². The summed E-state index contributed by atoms with van der Waals surface area (Å²) < 4.78 is 0. The smallest absolute Gasteiger partial charge is 0.237 e. The van der Waals surface area contributed by atoms with Gasteiger partial charge in [-0.15, -0.1) is 0 Å². The van der Waals surface area contributed by atoms with Gasteiger partial charge >= 0.3 is 0 Å². The van der Waals surface area contributed by atoms with Crippen LogP contribution in [0.4, 0.5) is 0 Å². The first-order valence-electron chi connectivity index (χ1n) is 10.6. The van der Waals surface area contributed by atoms with Crippen molar-refractivity contribution < 1.29 is 9.59 Å². The number of carbonyl (C=O) groups excluding carboxylic acids is 2. The first-order chi connectivity index (χ1) is 13.5. The van der Waals surface area contributed by atoms with Gasteiger partial charge in [-0.25, -0.2) is 9.97 Å². The monoisotopic (exact) mass is 385 g/mol. The Balaban J connectivity index is 1.39. The number of nitrogens with zero attached hydrogens (tertiary/aromatic N) is 5. The topological polar surface area (TPSA) is 69.6 Å². The largest absolute Gasteiger partial charge is 0.337 e. The van der Waals surface area contributed by atoms with Crippen LogP contribution in [0.1, 0.15) is 62.7 Å². The Hall–Kier alpha value is -2.02. The summed E-state index contributed by atoms with van der Waals surface area (Å²) in [7, 11) is 0. The van der Waals surface area contributed by atoms with Crippen LogP contribution in [0.3, 0.4) is 0 Å². The summed E-state index contributed by atoms with van der Waals surface area (Å²) in [5, 5.41) is 0. The molecule has 2 amide bonds. The zero-order valence-corrected chi connectivity index (χ0v) is 17.1. The average Bonchev–Trinajstić information content (AvgIpc) is 3.19. The fourth-order valence-electron chi connectivity index (χ4n) is 4.63. The molecule has 3 aliphatic heterocycles. The van der Waals surface area contributed by atoms with E-state index >= 15 is 0 Å². The van der Waals surface area contributed by atoms with E-state index in [9.17, 15) is 9.59 Å². The lowest BCUT2D eigenvalue weighted by atomic mass is 9.99. The minimum atomic E-state index is 0.00366. The highest BCUT2D eigenvalue weighted by molar-refractivity contribution is 5.78. The third kappa shape index (κ3) is 4.04. The van der Waals surface area contributed by atoms with E-state index < -0.39 is 0 Å². The molecule has 2 fully saturated rings. The summed E-state index contributed by atoms with van der Waals surface area (Å²) in [5.74, 6) is 1.84. The van der Waals surface area contributed by atoms with E-state index in [0.29, 0.717) is 19.6 Å². The molecule has 7 nitrogen and oxygen atoms in total. The van der Waals surface area contributed by atoms with Crippen LogP contribution < -0.4 is 0 Å². The maximum Gasteiger partial charge on any atom is 0.237 e. The van der Waals surface area contributed by atoms with Gasteiger partial charge in [0.25, 0.3) is 0 Å². The van der Waals surface area contributed by atoms with E-state index in [1.807, 2.05) is 16.0 Å². The number of rotatable bonds is 3. The van der Waals surface area contributed by atoms with Crippen molar-refractivity contribution >= 4 is 11.8 Å². The minimum absolute atomic E-state index is 0.00366. The Morgan fingerprint density at radius 3 is 2.68 bits per heavy atom. The van der Waals surface area contributed by atoms with Crippen LogP contribution >= 0.6 is 0 Å².